The number of carbonyl (C=O) groups excluding carboxylic acids is 2. The Hall–Kier alpha value is -2.64. The number of nitrogens with one attached hydrogen (secondary N) is 2. The highest BCUT2D eigenvalue weighted by Gasteiger charge is 2.32. The minimum absolute atomic E-state index is 0.0746. The monoisotopic (exact) mass is 345 g/mol. The van der Waals surface area contributed by atoms with Gasteiger partial charge in [0.05, 0.1) is 0 Å². The minimum atomic E-state index is -0.245. The number of rotatable bonds is 5. The molecule has 1 aliphatic carbocycles. The van der Waals surface area contributed by atoms with Crippen LogP contribution in [-0.2, 0) is 16.6 Å². The molecule has 2 N–H and O–H groups in total. The second kappa shape index (κ2) is 7.08. The van der Waals surface area contributed by atoms with E-state index in [0.717, 1.165) is 25.0 Å². The molecule has 1 aliphatic rings. The number of ether oxygens (including phenoxy) is 1. The number of carbonyl (C=O) groups is 2. The average Bonchev–Trinajstić information content (AvgIpc) is 3.25. The number of amides is 1. The first-order valence-corrected chi connectivity index (χ1v) is 8.46. The molecule has 1 fully saturated rings. The maximum absolute atomic E-state index is 12.2. The van der Waals surface area contributed by atoms with E-state index in [1.807, 2.05) is 13.0 Å². The summed E-state index contributed by atoms with van der Waals surface area (Å²) in [5.41, 5.74) is 1.47. The minimum Gasteiger partial charge on any atom is -0.463 e. The Morgan fingerprint density at radius 1 is 1.44 bits per heavy atom. The van der Waals surface area contributed by atoms with Crippen LogP contribution in [0.5, 0.6) is 0 Å². The van der Waals surface area contributed by atoms with Gasteiger partial charge in [0.15, 0.2) is 5.82 Å². The third-order valence-electron chi connectivity index (χ3n) is 4.82. The van der Waals surface area contributed by atoms with E-state index < -0.39 is 0 Å². The molecule has 1 saturated carbocycles. The summed E-state index contributed by atoms with van der Waals surface area (Å²) < 4.78 is 6.81. The standard InChI is InChI=1S/C17H23N5O3/c1-10(25-11(2)23)12-4-5-13(8-12)14-9-16(21-20-14)19-17(24)15-6-7-18-22(15)3/h6-7,9-10,12-13H,4-5,8H2,1-3H3,(H2,19,20,21,24)/t10?,12-,13+/m1/s1. The first kappa shape index (κ1) is 17.2. The van der Waals surface area contributed by atoms with E-state index in [0.29, 0.717) is 23.3 Å². The lowest BCUT2D eigenvalue weighted by molar-refractivity contribution is -0.147. The molecule has 3 atom stereocenters. The largest absolute Gasteiger partial charge is 0.463 e. The van der Waals surface area contributed by atoms with E-state index in [-0.39, 0.29) is 18.0 Å². The molecule has 0 saturated heterocycles. The maximum Gasteiger partial charge on any atom is 0.302 e. The van der Waals surface area contributed by atoms with Gasteiger partial charge < -0.3 is 10.1 Å². The molecule has 0 aromatic carbocycles. The van der Waals surface area contributed by atoms with E-state index >= 15 is 0 Å². The first-order valence-electron chi connectivity index (χ1n) is 8.46. The van der Waals surface area contributed by atoms with E-state index in [9.17, 15) is 9.59 Å². The highest BCUT2D eigenvalue weighted by atomic mass is 16.5. The van der Waals surface area contributed by atoms with Crippen molar-refractivity contribution in [1.29, 1.82) is 0 Å². The molecule has 8 heteroatoms. The van der Waals surface area contributed by atoms with Crippen molar-refractivity contribution in [3.05, 3.63) is 29.7 Å². The van der Waals surface area contributed by atoms with Crippen molar-refractivity contribution in [2.75, 3.05) is 5.32 Å². The molecular formula is C17H23N5O3. The fourth-order valence-electron chi connectivity index (χ4n) is 3.47. The lowest BCUT2D eigenvalue weighted by atomic mass is 9.98. The third-order valence-corrected chi connectivity index (χ3v) is 4.82. The van der Waals surface area contributed by atoms with Gasteiger partial charge in [-0.25, -0.2) is 0 Å². The van der Waals surface area contributed by atoms with Crippen molar-refractivity contribution < 1.29 is 14.3 Å². The van der Waals surface area contributed by atoms with E-state index in [2.05, 4.69) is 20.6 Å². The molecule has 2 heterocycles. The number of hydrogen-bond donors (Lipinski definition) is 2. The molecule has 3 rings (SSSR count). The topological polar surface area (TPSA) is 102 Å². The number of anilines is 1. The number of aromatic nitrogens is 4. The van der Waals surface area contributed by atoms with E-state index in [1.165, 1.54) is 11.6 Å². The normalized spacial score (nSPS) is 21.1. The quantitative estimate of drug-likeness (QED) is 0.809. The second-order valence-electron chi connectivity index (χ2n) is 6.59. The van der Waals surface area contributed by atoms with Crippen LogP contribution in [0.3, 0.4) is 0 Å². The summed E-state index contributed by atoms with van der Waals surface area (Å²) in [7, 11) is 1.72. The molecule has 1 amide bonds. The number of nitrogens with zero attached hydrogens (tertiary/aromatic N) is 3. The van der Waals surface area contributed by atoms with Crippen LogP contribution in [0, 0.1) is 5.92 Å². The number of esters is 1. The van der Waals surface area contributed by atoms with Crippen LogP contribution in [0.15, 0.2) is 18.3 Å². The Bertz CT molecular complexity index is 766. The summed E-state index contributed by atoms with van der Waals surface area (Å²) in [5, 5.41) is 14.0. The fraction of sp³-hybridized carbons (Fsp3) is 0.529. The van der Waals surface area contributed by atoms with Crippen LogP contribution in [-0.4, -0.2) is 38.0 Å². The number of aryl methyl sites for hydroxylation is 1. The Morgan fingerprint density at radius 3 is 2.92 bits per heavy atom. The van der Waals surface area contributed by atoms with E-state index in [1.54, 1.807) is 19.3 Å². The van der Waals surface area contributed by atoms with Gasteiger partial charge in [-0.05, 0) is 38.2 Å². The van der Waals surface area contributed by atoms with Gasteiger partial charge in [0.1, 0.15) is 11.8 Å². The van der Waals surface area contributed by atoms with Crippen molar-refractivity contribution in [3.63, 3.8) is 0 Å². The van der Waals surface area contributed by atoms with Crippen molar-refractivity contribution in [2.24, 2.45) is 13.0 Å². The van der Waals surface area contributed by atoms with Gasteiger partial charge in [-0.3, -0.25) is 19.4 Å². The van der Waals surface area contributed by atoms with Gasteiger partial charge in [-0.2, -0.15) is 10.2 Å². The number of hydrogen-bond acceptors (Lipinski definition) is 5. The molecule has 0 aliphatic heterocycles. The first-order chi connectivity index (χ1) is 11.9. The Kier molecular flexibility index (Phi) is 4.87. The molecule has 25 heavy (non-hydrogen) atoms. The van der Waals surface area contributed by atoms with Gasteiger partial charge >= 0.3 is 5.97 Å². The van der Waals surface area contributed by atoms with Crippen LogP contribution in [0.25, 0.3) is 0 Å². The van der Waals surface area contributed by atoms with Crippen LogP contribution in [0.2, 0.25) is 0 Å². The highest BCUT2D eigenvalue weighted by molar-refractivity contribution is 6.02. The number of H-pyrrole nitrogens is 1. The summed E-state index contributed by atoms with van der Waals surface area (Å²) >= 11 is 0. The van der Waals surface area contributed by atoms with Gasteiger partial charge in [0.25, 0.3) is 5.91 Å². The zero-order valence-electron chi connectivity index (χ0n) is 14.7. The molecular weight excluding hydrogens is 322 g/mol. The summed E-state index contributed by atoms with van der Waals surface area (Å²) in [6, 6.07) is 3.53. The predicted octanol–water partition coefficient (Wildman–Crippen LogP) is 2.23. The van der Waals surface area contributed by atoms with Crippen molar-refractivity contribution in [1.82, 2.24) is 20.0 Å². The number of aromatic amines is 1. The smallest absolute Gasteiger partial charge is 0.302 e. The zero-order valence-corrected chi connectivity index (χ0v) is 14.7. The van der Waals surface area contributed by atoms with Gasteiger partial charge in [0, 0.05) is 37.8 Å². The lowest BCUT2D eigenvalue weighted by Crippen LogP contribution is -2.20. The maximum atomic E-state index is 12.2. The SMILES string of the molecule is CC(=O)OC(C)[C@@H]1CC[C@H](c2cc(NC(=O)c3ccnn3C)n[nH]2)C1. The Labute approximate surface area is 145 Å². The van der Waals surface area contributed by atoms with Gasteiger partial charge in [-0.1, -0.05) is 0 Å². The molecule has 0 bridgehead atoms. The van der Waals surface area contributed by atoms with Gasteiger partial charge in [0.2, 0.25) is 0 Å². The molecule has 1 unspecified atom stereocenters. The predicted molar refractivity (Wildman–Crippen MR) is 91.1 cm³/mol. The Morgan fingerprint density at radius 2 is 2.24 bits per heavy atom. The van der Waals surface area contributed by atoms with Crippen LogP contribution < -0.4 is 5.32 Å². The lowest BCUT2D eigenvalue weighted by Gasteiger charge is -2.18. The Balaban J connectivity index is 1.60. The van der Waals surface area contributed by atoms with Crippen LogP contribution in [0.4, 0.5) is 5.82 Å². The van der Waals surface area contributed by atoms with Crippen LogP contribution >= 0.6 is 0 Å². The van der Waals surface area contributed by atoms with Crippen molar-refractivity contribution in [3.8, 4) is 0 Å². The molecule has 0 spiro atoms. The molecule has 0 radical (unpaired) electrons. The summed E-state index contributed by atoms with van der Waals surface area (Å²) in [6.45, 7) is 3.38. The summed E-state index contributed by atoms with van der Waals surface area (Å²) in [5.74, 6) is 0.698. The third kappa shape index (κ3) is 3.89. The molecule has 2 aromatic rings. The fourth-order valence-corrected chi connectivity index (χ4v) is 3.47. The van der Waals surface area contributed by atoms with Crippen molar-refractivity contribution in [2.45, 2.75) is 45.1 Å². The van der Waals surface area contributed by atoms with E-state index in [4.69, 9.17) is 4.74 Å². The van der Waals surface area contributed by atoms with Crippen LogP contribution in [0.1, 0.15) is 55.2 Å². The molecule has 2 aromatic heterocycles. The average molecular weight is 345 g/mol. The molecule has 8 nitrogen and oxygen atoms in total. The summed E-state index contributed by atoms with van der Waals surface area (Å²) in [6.07, 6.45) is 4.46. The van der Waals surface area contributed by atoms with Gasteiger partial charge in [-0.15, -0.1) is 0 Å². The molecule has 134 valence electrons. The second-order valence-corrected chi connectivity index (χ2v) is 6.59. The van der Waals surface area contributed by atoms with Crippen molar-refractivity contribution >= 4 is 17.7 Å². The summed E-state index contributed by atoms with van der Waals surface area (Å²) in [4.78, 5) is 23.3. The highest BCUT2D eigenvalue weighted by Crippen LogP contribution is 2.40. The zero-order chi connectivity index (χ0) is 18.0.